The maximum atomic E-state index is 12.5. The maximum Gasteiger partial charge on any atom is 0.234 e. The molecule has 3 rings (SSSR count). The van der Waals surface area contributed by atoms with Crippen molar-refractivity contribution < 1.29 is 14.3 Å². The minimum atomic E-state index is -0.154. The third kappa shape index (κ3) is 4.14. The van der Waals surface area contributed by atoms with Gasteiger partial charge < -0.3 is 14.8 Å². The number of carbonyl (C=O) groups excluding carboxylic acids is 1. The summed E-state index contributed by atoms with van der Waals surface area (Å²) < 4.78 is 10.7. The fourth-order valence-corrected chi connectivity index (χ4v) is 4.08. The summed E-state index contributed by atoms with van der Waals surface area (Å²) in [4.78, 5) is 16.1. The molecule has 0 fully saturated rings. The summed E-state index contributed by atoms with van der Waals surface area (Å²) in [5, 5.41) is 5.20. The highest BCUT2D eigenvalue weighted by molar-refractivity contribution is 7.10. The lowest BCUT2D eigenvalue weighted by molar-refractivity contribution is -0.123. The van der Waals surface area contributed by atoms with Gasteiger partial charge in [0, 0.05) is 23.5 Å². The second-order valence-electron chi connectivity index (χ2n) is 6.23. The van der Waals surface area contributed by atoms with Crippen molar-refractivity contribution in [2.75, 3.05) is 27.3 Å². The molecule has 1 aromatic heterocycles. The Morgan fingerprint density at radius 3 is 2.92 bits per heavy atom. The Morgan fingerprint density at radius 1 is 1.32 bits per heavy atom. The number of rotatable bonds is 6. The van der Waals surface area contributed by atoms with Crippen LogP contribution in [0.5, 0.6) is 11.5 Å². The lowest BCUT2D eigenvalue weighted by Gasteiger charge is -2.27. The zero-order valence-corrected chi connectivity index (χ0v) is 15.7. The average Bonchev–Trinajstić information content (AvgIpc) is 3.08. The topological polar surface area (TPSA) is 50.8 Å². The van der Waals surface area contributed by atoms with Crippen molar-refractivity contribution in [3.63, 3.8) is 0 Å². The summed E-state index contributed by atoms with van der Waals surface area (Å²) in [6.07, 6.45) is 1.03. The highest BCUT2D eigenvalue weighted by atomic mass is 32.1. The Bertz CT molecular complexity index is 744. The lowest BCUT2D eigenvalue weighted by atomic mass is 10.1. The Hall–Kier alpha value is -2.05. The zero-order valence-electron chi connectivity index (χ0n) is 14.9. The molecular weight excluding hydrogens is 336 g/mol. The normalized spacial score (nSPS) is 15.3. The first-order chi connectivity index (χ1) is 12.1. The number of methoxy groups -OCH3 is 2. The van der Waals surface area contributed by atoms with Crippen LogP contribution in [0.4, 0.5) is 0 Å². The van der Waals surface area contributed by atoms with Crippen LogP contribution in [-0.4, -0.2) is 38.1 Å². The molecule has 0 aliphatic carbocycles. The average molecular weight is 360 g/mol. The number of thiophene rings is 1. The smallest absolute Gasteiger partial charge is 0.234 e. The van der Waals surface area contributed by atoms with E-state index in [-0.39, 0.29) is 11.9 Å². The second kappa shape index (κ2) is 7.89. The van der Waals surface area contributed by atoms with E-state index in [1.165, 1.54) is 10.4 Å². The quantitative estimate of drug-likeness (QED) is 0.860. The van der Waals surface area contributed by atoms with Gasteiger partial charge in [-0.05, 0) is 48.6 Å². The van der Waals surface area contributed by atoms with Gasteiger partial charge >= 0.3 is 0 Å². The van der Waals surface area contributed by atoms with Crippen molar-refractivity contribution in [2.45, 2.75) is 25.9 Å². The number of hydrogen-bond donors (Lipinski definition) is 1. The summed E-state index contributed by atoms with van der Waals surface area (Å²) in [5.41, 5.74) is 2.26. The van der Waals surface area contributed by atoms with Gasteiger partial charge in [0.2, 0.25) is 5.91 Å². The number of amides is 1. The molecule has 2 aromatic rings. The van der Waals surface area contributed by atoms with Crippen LogP contribution in [0.1, 0.15) is 29.0 Å². The van der Waals surface area contributed by atoms with Crippen LogP contribution in [0.2, 0.25) is 0 Å². The van der Waals surface area contributed by atoms with Gasteiger partial charge in [0.25, 0.3) is 0 Å². The van der Waals surface area contributed by atoms with E-state index >= 15 is 0 Å². The van der Waals surface area contributed by atoms with Crippen molar-refractivity contribution in [2.24, 2.45) is 0 Å². The fraction of sp³-hybridized carbons (Fsp3) is 0.421. The van der Waals surface area contributed by atoms with Crippen LogP contribution in [0, 0.1) is 0 Å². The summed E-state index contributed by atoms with van der Waals surface area (Å²) >= 11 is 1.81. The predicted octanol–water partition coefficient (Wildman–Crippen LogP) is 3.00. The van der Waals surface area contributed by atoms with Gasteiger partial charge in [-0.25, -0.2) is 0 Å². The number of carbonyl (C=O) groups is 1. The minimum absolute atomic E-state index is 0.0241. The second-order valence-corrected chi connectivity index (χ2v) is 7.23. The summed E-state index contributed by atoms with van der Waals surface area (Å²) in [6.45, 7) is 4.15. The van der Waals surface area contributed by atoms with Crippen LogP contribution in [0.15, 0.2) is 29.6 Å². The molecule has 1 atom stereocenters. The molecule has 25 heavy (non-hydrogen) atoms. The predicted molar refractivity (Wildman–Crippen MR) is 99.4 cm³/mol. The van der Waals surface area contributed by atoms with E-state index in [1.807, 2.05) is 36.5 Å². The van der Waals surface area contributed by atoms with E-state index in [9.17, 15) is 4.79 Å². The summed E-state index contributed by atoms with van der Waals surface area (Å²) in [7, 11) is 3.26. The van der Waals surface area contributed by atoms with Crippen molar-refractivity contribution in [1.29, 1.82) is 0 Å². The van der Waals surface area contributed by atoms with Crippen LogP contribution in [-0.2, 0) is 17.8 Å². The van der Waals surface area contributed by atoms with Crippen LogP contribution >= 0.6 is 11.3 Å². The standard InChI is InChI=1S/C19H24N2O3S/c1-13(16-10-15(23-2)4-5-17(16)24-3)20-19(22)12-21-8-6-18-14(11-21)7-9-25-18/h4-5,7,9-10,13H,6,8,11-12H2,1-3H3,(H,20,22)/t13-/m0/s1. The molecule has 0 saturated heterocycles. The Kier molecular flexibility index (Phi) is 5.60. The molecule has 1 aliphatic heterocycles. The number of hydrogen-bond acceptors (Lipinski definition) is 5. The molecule has 0 bridgehead atoms. The first kappa shape index (κ1) is 17.8. The van der Waals surface area contributed by atoms with E-state index in [2.05, 4.69) is 21.7 Å². The van der Waals surface area contributed by atoms with Gasteiger partial charge in [-0.2, -0.15) is 0 Å². The molecule has 2 heterocycles. The number of benzene rings is 1. The largest absolute Gasteiger partial charge is 0.497 e. The fourth-order valence-electron chi connectivity index (χ4n) is 3.19. The molecule has 134 valence electrons. The van der Waals surface area contributed by atoms with Gasteiger partial charge in [-0.1, -0.05) is 0 Å². The van der Waals surface area contributed by atoms with E-state index in [0.29, 0.717) is 6.54 Å². The molecule has 5 nitrogen and oxygen atoms in total. The van der Waals surface area contributed by atoms with E-state index in [1.54, 1.807) is 14.2 Å². The molecule has 0 spiro atoms. The van der Waals surface area contributed by atoms with Crippen molar-refractivity contribution >= 4 is 17.2 Å². The molecule has 1 aliphatic rings. The molecule has 0 saturated carbocycles. The molecule has 1 aromatic carbocycles. The SMILES string of the molecule is COc1ccc(OC)c([C@H](C)NC(=O)CN2CCc3sccc3C2)c1. The Morgan fingerprint density at radius 2 is 2.16 bits per heavy atom. The molecule has 1 amide bonds. The molecule has 1 N–H and O–H groups in total. The molecule has 0 radical (unpaired) electrons. The third-order valence-electron chi connectivity index (χ3n) is 4.53. The van der Waals surface area contributed by atoms with E-state index in [0.717, 1.165) is 36.6 Å². The highest BCUT2D eigenvalue weighted by Crippen LogP contribution is 2.29. The third-order valence-corrected chi connectivity index (χ3v) is 5.56. The zero-order chi connectivity index (χ0) is 17.8. The van der Waals surface area contributed by atoms with Gasteiger partial charge in [0.15, 0.2) is 0 Å². The maximum absolute atomic E-state index is 12.5. The summed E-state index contributed by atoms with van der Waals surface area (Å²) in [5.74, 6) is 1.52. The monoisotopic (exact) mass is 360 g/mol. The first-order valence-corrected chi connectivity index (χ1v) is 9.27. The lowest BCUT2D eigenvalue weighted by Crippen LogP contribution is -2.40. The van der Waals surface area contributed by atoms with E-state index < -0.39 is 0 Å². The van der Waals surface area contributed by atoms with Gasteiger partial charge in [-0.3, -0.25) is 9.69 Å². The number of ether oxygens (including phenoxy) is 2. The number of fused-ring (bicyclic) bond motifs is 1. The Balaban J connectivity index is 1.61. The number of nitrogens with one attached hydrogen (secondary N) is 1. The van der Waals surface area contributed by atoms with E-state index in [4.69, 9.17) is 9.47 Å². The van der Waals surface area contributed by atoms with Crippen molar-refractivity contribution in [1.82, 2.24) is 10.2 Å². The van der Waals surface area contributed by atoms with Gasteiger partial charge in [0.1, 0.15) is 11.5 Å². The van der Waals surface area contributed by atoms with Gasteiger partial charge in [0.05, 0.1) is 26.8 Å². The molecular formula is C19H24N2O3S. The highest BCUT2D eigenvalue weighted by Gasteiger charge is 2.21. The number of nitrogens with zero attached hydrogens (tertiary/aromatic N) is 1. The Labute approximate surface area is 152 Å². The van der Waals surface area contributed by atoms with Crippen molar-refractivity contribution in [3.05, 3.63) is 45.6 Å². The van der Waals surface area contributed by atoms with Gasteiger partial charge in [-0.15, -0.1) is 11.3 Å². The summed E-state index contributed by atoms with van der Waals surface area (Å²) in [6, 6.07) is 7.62. The first-order valence-electron chi connectivity index (χ1n) is 8.39. The molecule has 0 unspecified atom stereocenters. The van der Waals surface area contributed by atoms with Crippen molar-refractivity contribution in [3.8, 4) is 11.5 Å². The van der Waals surface area contributed by atoms with Crippen LogP contribution in [0.3, 0.4) is 0 Å². The minimum Gasteiger partial charge on any atom is -0.497 e. The van der Waals surface area contributed by atoms with Crippen LogP contribution < -0.4 is 14.8 Å². The molecule has 6 heteroatoms. The van der Waals surface area contributed by atoms with Crippen LogP contribution in [0.25, 0.3) is 0 Å².